The van der Waals surface area contributed by atoms with Crippen LogP contribution in [0.15, 0.2) is 60.6 Å². The molecule has 7 nitrogen and oxygen atoms in total. The first kappa shape index (κ1) is 19.3. The molecule has 1 heterocycles. The van der Waals surface area contributed by atoms with Gasteiger partial charge in [0.1, 0.15) is 17.6 Å². The Balaban J connectivity index is 1.98. The van der Waals surface area contributed by atoms with E-state index in [2.05, 4.69) is 0 Å². The van der Waals surface area contributed by atoms with Crippen LogP contribution in [0.5, 0.6) is 5.75 Å². The van der Waals surface area contributed by atoms with Gasteiger partial charge in [-0.25, -0.2) is 9.59 Å². The average molecular weight is 384 g/mol. The highest BCUT2D eigenvalue weighted by atomic mass is 16.7. The average Bonchev–Trinajstić information content (AvgIpc) is 3.27. The first-order valence-corrected chi connectivity index (χ1v) is 8.58. The molecule has 1 atom stereocenters. The van der Waals surface area contributed by atoms with Crippen molar-refractivity contribution in [3.63, 3.8) is 0 Å². The van der Waals surface area contributed by atoms with Crippen molar-refractivity contribution >= 4 is 11.9 Å². The fourth-order valence-electron chi connectivity index (χ4n) is 2.82. The van der Waals surface area contributed by atoms with Crippen LogP contribution in [0.3, 0.4) is 0 Å². The van der Waals surface area contributed by atoms with Gasteiger partial charge in [0.05, 0.1) is 19.8 Å². The van der Waals surface area contributed by atoms with Crippen molar-refractivity contribution in [1.82, 2.24) is 0 Å². The fourth-order valence-corrected chi connectivity index (χ4v) is 2.82. The third-order valence-electron chi connectivity index (χ3n) is 4.16. The zero-order chi connectivity index (χ0) is 19.9. The number of carbonyl (C=O) groups excluding carboxylic acids is 2. The van der Waals surface area contributed by atoms with Crippen molar-refractivity contribution in [2.24, 2.45) is 0 Å². The molecule has 0 aliphatic carbocycles. The minimum Gasteiger partial charge on any atom is -0.481 e. The van der Waals surface area contributed by atoms with Gasteiger partial charge in [0.2, 0.25) is 6.79 Å². The second-order valence-electron chi connectivity index (χ2n) is 5.91. The molecule has 1 aliphatic rings. The molecule has 3 rings (SSSR count). The number of hydrogen-bond acceptors (Lipinski definition) is 7. The van der Waals surface area contributed by atoms with Crippen LogP contribution in [0.4, 0.5) is 0 Å². The van der Waals surface area contributed by atoms with E-state index in [1.165, 1.54) is 26.5 Å². The Kier molecular flexibility index (Phi) is 6.16. The molecule has 0 amide bonds. The van der Waals surface area contributed by atoms with Crippen molar-refractivity contribution in [2.45, 2.75) is 12.5 Å². The molecule has 7 heteroatoms. The van der Waals surface area contributed by atoms with Gasteiger partial charge in [-0.1, -0.05) is 36.4 Å². The monoisotopic (exact) mass is 384 g/mol. The molecule has 28 heavy (non-hydrogen) atoms. The number of carbonyl (C=O) groups is 2. The van der Waals surface area contributed by atoms with Crippen LogP contribution in [0, 0.1) is 0 Å². The molecule has 0 saturated carbocycles. The van der Waals surface area contributed by atoms with Gasteiger partial charge in [-0.2, -0.15) is 0 Å². The van der Waals surface area contributed by atoms with E-state index in [4.69, 9.17) is 23.7 Å². The van der Waals surface area contributed by atoms with E-state index in [0.717, 1.165) is 5.56 Å². The van der Waals surface area contributed by atoms with Crippen molar-refractivity contribution in [1.29, 1.82) is 0 Å². The summed E-state index contributed by atoms with van der Waals surface area (Å²) in [5.41, 5.74) is 1.06. The molecular formula is C21H20O7. The highest BCUT2D eigenvalue weighted by Gasteiger charge is 2.28. The van der Waals surface area contributed by atoms with Gasteiger partial charge in [0.15, 0.2) is 11.9 Å². The smallest absolute Gasteiger partial charge is 0.342 e. The Hall–Kier alpha value is -3.48. The lowest BCUT2D eigenvalue weighted by Crippen LogP contribution is -2.25. The highest BCUT2D eigenvalue weighted by molar-refractivity contribution is 6.05. The Morgan fingerprint density at radius 2 is 1.75 bits per heavy atom. The maximum absolute atomic E-state index is 12.4. The van der Waals surface area contributed by atoms with Crippen LogP contribution in [-0.2, 0) is 25.4 Å². The van der Waals surface area contributed by atoms with Crippen LogP contribution >= 0.6 is 0 Å². The number of benzene rings is 2. The van der Waals surface area contributed by atoms with Crippen LogP contribution in [0.2, 0.25) is 0 Å². The molecule has 146 valence electrons. The molecule has 0 radical (unpaired) electrons. The van der Waals surface area contributed by atoms with Gasteiger partial charge < -0.3 is 23.7 Å². The van der Waals surface area contributed by atoms with E-state index in [-0.39, 0.29) is 23.7 Å². The third kappa shape index (κ3) is 4.25. The van der Waals surface area contributed by atoms with Crippen LogP contribution in [0.1, 0.15) is 26.3 Å². The predicted octanol–water partition coefficient (Wildman–Crippen LogP) is 3.10. The second kappa shape index (κ2) is 8.94. The van der Waals surface area contributed by atoms with Gasteiger partial charge in [0.25, 0.3) is 0 Å². The maximum atomic E-state index is 12.4. The summed E-state index contributed by atoms with van der Waals surface area (Å²) in [6, 6.07) is 14.3. The lowest BCUT2D eigenvalue weighted by molar-refractivity contribution is 0.0513. The lowest BCUT2D eigenvalue weighted by Gasteiger charge is -2.21. The summed E-state index contributed by atoms with van der Waals surface area (Å²) in [6.07, 6.45) is 1.38. The standard InChI is InChI=1S/C21H20O7/c1-24-20(22)15-9-6-10-16(19(15)21(23)25-2)28-17(18-12-26-13-27-18)11-14-7-4-3-5-8-14/h3-10,12,17H,11,13H2,1-2H3. The molecule has 2 aromatic carbocycles. The van der Waals surface area contributed by atoms with Crippen LogP contribution in [-0.4, -0.2) is 39.1 Å². The largest absolute Gasteiger partial charge is 0.481 e. The van der Waals surface area contributed by atoms with Gasteiger partial charge in [0, 0.05) is 6.42 Å². The van der Waals surface area contributed by atoms with E-state index in [1.54, 1.807) is 12.1 Å². The van der Waals surface area contributed by atoms with Gasteiger partial charge in [-0.3, -0.25) is 0 Å². The summed E-state index contributed by atoms with van der Waals surface area (Å²) in [6.45, 7) is 0.0933. The summed E-state index contributed by atoms with van der Waals surface area (Å²) in [4.78, 5) is 24.5. The van der Waals surface area contributed by atoms with E-state index in [1.807, 2.05) is 30.3 Å². The van der Waals surface area contributed by atoms with E-state index in [0.29, 0.717) is 12.2 Å². The third-order valence-corrected chi connectivity index (χ3v) is 4.16. The van der Waals surface area contributed by atoms with Crippen molar-refractivity contribution in [2.75, 3.05) is 21.0 Å². The molecular weight excluding hydrogens is 364 g/mol. The SMILES string of the molecule is COC(=O)c1cccc(OC(Cc2ccccc2)C2=COCO2)c1C(=O)OC. The first-order chi connectivity index (χ1) is 13.6. The summed E-state index contributed by atoms with van der Waals surface area (Å²) >= 11 is 0. The van der Waals surface area contributed by atoms with Crippen LogP contribution in [0.25, 0.3) is 0 Å². The quantitative estimate of drug-likeness (QED) is 0.679. The molecule has 0 saturated heterocycles. The molecule has 0 bridgehead atoms. The summed E-state index contributed by atoms with van der Waals surface area (Å²) in [7, 11) is 2.47. The second-order valence-corrected chi connectivity index (χ2v) is 5.91. The lowest BCUT2D eigenvalue weighted by atomic mass is 10.0. The Bertz CT molecular complexity index is 874. The zero-order valence-corrected chi connectivity index (χ0v) is 15.5. The number of methoxy groups -OCH3 is 2. The summed E-state index contributed by atoms with van der Waals surface area (Å²) in [5, 5.41) is 0. The highest BCUT2D eigenvalue weighted by Crippen LogP contribution is 2.28. The van der Waals surface area contributed by atoms with Crippen molar-refractivity contribution in [3.05, 3.63) is 77.2 Å². The summed E-state index contributed by atoms with van der Waals surface area (Å²) < 4.78 is 26.4. The molecule has 1 aliphatic heterocycles. The van der Waals surface area contributed by atoms with Gasteiger partial charge in [-0.15, -0.1) is 0 Å². The Labute approximate surface area is 162 Å². The number of rotatable bonds is 7. The maximum Gasteiger partial charge on any atom is 0.342 e. The van der Waals surface area contributed by atoms with Gasteiger partial charge in [-0.05, 0) is 17.7 Å². The zero-order valence-electron chi connectivity index (χ0n) is 15.5. The van der Waals surface area contributed by atoms with E-state index < -0.39 is 18.0 Å². The minimum absolute atomic E-state index is 0.00516. The molecule has 1 unspecified atom stereocenters. The predicted molar refractivity (Wildman–Crippen MR) is 98.8 cm³/mol. The van der Waals surface area contributed by atoms with Gasteiger partial charge >= 0.3 is 11.9 Å². The topological polar surface area (TPSA) is 80.3 Å². The molecule has 0 fully saturated rings. The molecule has 0 N–H and O–H groups in total. The molecule has 0 aromatic heterocycles. The Morgan fingerprint density at radius 1 is 1.00 bits per heavy atom. The number of ether oxygens (including phenoxy) is 5. The molecule has 0 spiro atoms. The van der Waals surface area contributed by atoms with Crippen LogP contribution < -0.4 is 4.74 Å². The van der Waals surface area contributed by atoms with Crippen molar-refractivity contribution < 1.29 is 33.3 Å². The molecule has 2 aromatic rings. The first-order valence-electron chi connectivity index (χ1n) is 8.58. The summed E-state index contributed by atoms with van der Waals surface area (Å²) in [5.74, 6) is -0.688. The normalized spacial score (nSPS) is 13.6. The van der Waals surface area contributed by atoms with E-state index in [9.17, 15) is 9.59 Å². The number of esters is 2. The van der Waals surface area contributed by atoms with E-state index >= 15 is 0 Å². The Morgan fingerprint density at radius 3 is 2.39 bits per heavy atom. The van der Waals surface area contributed by atoms with Crippen molar-refractivity contribution in [3.8, 4) is 5.75 Å². The minimum atomic E-state index is -0.702. The number of hydrogen-bond donors (Lipinski definition) is 0. The fraction of sp³-hybridized carbons (Fsp3) is 0.238.